The average molecular weight is 233 g/mol. The van der Waals surface area contributed by atoms with Crippen LogP contribution < -0.4 is 5.32 Å². The van der Waals surface area contributed by atoms with E-state index in [1.165, 1.54) is 7.11 Å². The molecule has 0 aromatic carbocycles. The molecule has 2 atom stereocenters. The molecule has 0 bridgehead atoms. The fourth-order valence-electron chi connectivity index (χ4n) is 1.78. The third-order valence-corrected chi connectivity index (χ3v) is 2.89. The van der Waals surface area contributed by atoms with Crippen molar-refractivity contribution in [3.05, 3.63) is 11.8 Å². The fraction of sp³-hybridized carbons (Fsp3) is 0.667. The van der Waals surface area contributed by atoms with Crippen LogP contribution in [0.1, 0.15) is 0 Å². The van der Waals surface area contributed by atoms with Gasteiger partial charge in [0.1, 0.15) is 6.04 Å². The van der Waals surface area contributed by atoms with Crippen molar-refractivity contribution in [2.45, 2.75) is 11.7 Å². The number of hydrogen-bond donors (Lipinski definition) is 1. The zero-order valence-electron chi connectivity index (χ0n) is 8.40. The summed E-state index contributed by atoms with van der Waals surface area (Å²) in [6.45, 7) is 1.80. The molecule has 0 spiro atoms. The highest BCUT2D eigenvalue weighted by Crippen LogP contribution is 2.25. The summed E-state index contributed by atoms with van der Waals surface area (Å²) in [6.07, 6.45) is 1.87. The van der Waals surface area contributed by atoms with Crippen LogP contribution in [0.15, 0.2) is 11.8 Å². The van der Waals surface area contributed by atoms with Crippen molar-refractivity contribution in [1.29, 1.82) is 0 Å². The van der Waals surface area contributed by atoms with E-state index in [9.17, 15) is 4.79 Å². The third-order valence-electron chi connectivity index (χ3n) is 2.53. The fourth-order valence-corrected chi connectivity index (χ4v) is 2.12. The number of nitrogens with zero attached hydrogens (tertiary/aromatic N) is 1. The summed E-state index contributed by atoms with van der Waals surface area (Å²) < 4.78 is 9.99. The van der Waals surface area contributed by atoms with Gasteiger partial charge in [0, 0.05) is 12.2 Å². The molecule has 2 aliphatic rings. The van der Waals surface area contributed by atoms with Crippen LogP contribution >= 0.6 is 11.6 Å². The van der Waals surface area contributed by atoms with Crippen LogP contribution in [0.3, 0.4) is 0 Å². The maximum atomic E-state index is 11.5. The molecule has 0 aromatic heterocycles. The molecule has 2 unspecified atom stereocenters. The van der Waals surface area contributed by atoms with Crippen LogP contribution in [-0.2, 0) is 14.3 Å². The van der Waals surface area contributed by atoms with Gasteiger partial charge in [0.2, 0.25) is 0 Å². The third kappa shape index (κ3) is 1.95. The molecule has 0 aromatic rings. The second kappa shape index (κ2) is 4.38. The minimum Gasteiger partial charge on any atom is -0.468 e. The number of carbonyl (C=O) groups excluding carboxylic acids is 1. The minimum atomic E-state index is -0.473. The second-order valence-electron chi connectivity index (χ2n) is 3.36. The van der Waals surface area contributed by atoms with E-state index in [-0.39, 0.29) is 11.6 Å². The molecular weight excluding hydrogens is 220 g/mol. The van der Waals surface area contributed by atoms with Crippen molar-refractivity contribution in [1.82, 2.24) is 10.2 Å². The summed E-state index contributed by atoms with van der Waals surface area (Å²) in [7, 11) is 1.36. The van der Waals surface area contributed by atoms with Crippen LogP contribution in [0, 0.1) is 0 Å². The van der Waals surface area contributed by atoms with E-state index >= 15 is 0 Å². The summed E-state index contributed by atoms with van der Waals surface area (Å²) in [5, 5.41) is 2.97. The molecule has 1 saturated heterocycles. The number of hydrogen-bond acceptors (Lipinski definition) is 5. The van der Waals surface area contributed by atoms with E-state index in [2.05, 4.69) is 5.32 Å². The normalized spacial score (nSPS) is 30.5. The maximum absolute atomic E-state index is 11.5. The van der Waals surface area contributed by atoms with E-state index in [0.29, 0.717) is 19.8 Å². The maximum Gasteiger partial charge on any atom is 0.329 e. The van der Waals surface area contributed by atoms with Crippen LogP contribution in [0.25, 0.3) is 0 Å². The van der Waals surface area contributed by atoms with Gasteiger partial charge in [-0.15, -0.1) is 0 Å². The number of carbonyl (C=O) groups is 1. The molecule has 0 radical (unpaired) electrons. The number of ether oxygens (including phenoxy) is 2. The molecule has 15 heavy (non-hydrogen) atoms. The van der Waals surface area contributed by atoms with Gasteiger partial charge in [-0.05, 0) is 6.08 Å². The molecule has 2 aliphatic heterocycles. The Balaban J connectivity index is 2.21. The lowest BCUT2D eigenvalue weighted by Gasteiger charge is -2.20. The quantitative estimate of drug-likeness (QED) is 0.388. The number of rotatable bonds is 1. The van der Waals surface area contributed by atoms with Crippen molar-refractivity contribution in [3.8, 4) is 0 Å². The first-order valence-corrected chi connectivity index (χ1v) is 5.20. The lowest BCUT2D eigenvalue weighted by atomic mass is 10.2. The van der Waals surface area contributed by atoms with Gasteiger partial charge in [-0.2, -0.15) is 0 Å². The first-order valence-electron chi connectivity index (χ1n) is 4.76. The molecule has 2 heterocycles. The van der Waals surface area contributed by atoms with Gasteiger partial charge in [0.25, 0.3) is 0 Å². The summed E-state index contributed by atoms with van der Waals surface area (Å²) in [5.41, 5.74) is 0.474. The number of alkyl halides is 1. The van der Waals surface area contributed by atoms with Gasteiger partial charge in [-0.1, -0.05) is 11.6 Å². The largest absolute Gasteiger partial charge is 0.468 e. The van der Waals surface area contributed by atoms with Gasteiger partial charge in [0.05, 0.1) is 20.3 Å². The van der Waals surface area contributed by atoms with Gasteiger partial charge in [0.15, 0.2) is 5.62 Å². The Morgan fingerprint density at radius 1 is 1.80 bits per heavy atom. The van der Waals surface area contributed by atoms with Crippen molar-refractivity contribution in [3.63, 3.8) is 0 Å². The summed E-state index contributed by atoms with van der Waals surface area (Å²) >= 11 is 6.06. The van der Waals surface area contributed by atoms with E-state index in [0.717, 1.165) is 5.70 Å². The molecule has 1 N–H and O–H groups in total. The first kappa shape index (κ1) is 10.7. The van der Waals surface area contributed by atoms with Crippen LogP contribution in [0.4, 0.5) is 0 Å². The molecule has 0 aliphatic carbocycles. The number of halogens is 1. The zero-order valence-corrected chi connectivity index (χ0v) is 9.16. The van der Waals surface area contributed by atoms with Gasteiger partial charge in [-0.25, -0.2) is 4.79 Å². The number of fused-ring (bicyclic) bond motifs is 1. The molecule has 5 nitrogen and oxygen atoms in total. The van der Waals surface area contributed by atoms with Gasteiger partial charge < -0.3 is 14.4 Å². The van der Waals surface area contributed by atoms with Crippen LogP contribution in [0.5, 0.6) is 0 Å². The molecule has 0 amide bonds. The number of nitrogens with one attached hydrogen (secondary N) is 1. The molecular formula is C9H13ClN2O3. The van der Waals surface area contributed by atoms with E-state index in [1.54, 1.807) is 0 Å². The minimum absolute atomic E-state index is 0.323. The second-order valence-corrected chi connectivity index (χ2v) is 3.77. The molecule has 84 valence electrons. The van der Waals surface area contributed by atoms with Gasteiger partial charge in [-0.3, -0.25) is 5.32 Å². The van der Waals surface area contributed by atoms with Crippen molar-refractivity contribution < 1.29 is 14.3 Å². The summed E-state index contributed by atoms with van der Waals surface area (Å²) in [4.78, 5) is 13.4. The smallest absolute Gasteiger partial charge is 0.329 e. The van der Waals surface area contributed by atoms with Crippen molar-refractivity contribution in [2.24, 2.45) is 0 Å². The molecule has 2 rings (SSSR count). The predicted octanol–water partition coefficient (Wildman–Crippen LogP) is -0.130. The highest BCUT2D eigenvalue weighted by atomic mass is 35.5. The SMILES string of the molecule is COC(=O)C1NC(Cl)N2CCOCC=C12. The number of esters is 1. The standard InChI is InChI=1S/C9H13ClN2O3/c1-14-8(13)7-6-2-4-15-5-3-12(6)9(10)11-7/h2,7,9,11H,3-5H2,1H3. The van der Waals surface area contributed by atoms with Crippen LogP contribution in [-0.4, -0.2) is 49.4 Å². The first-order chi connectivity index (χ1) is 7.24. The van der Waals surface area contributed by atoms with Gasteiger partial charge >= 0.3 is 5.97 Å². The number of methoxy groups -OCH3 is 1. The van der Waals surface area contributed by atoms with E-state index in [1.807, 2.05) is 11.0 Å². The molecule has 0 saturated carbocycles. The Morgan fingerprint density at radius 3 is 3.33 bits per heavy atom. The Hall–Kier alpha value is -0.780. The monoisotopic (exact) mass is 232 g/mol. The Bertz CT molecular complexity index is 295. The predicted molar refractivity (Wildman–Crippen MR) is 54.2 cm³/mol. The Morgan fingerprint density at radius 2 is 2.60 bits per heavy atom. The molecule has 1 fully saturated rings. The summed E-state index contributed by atoms with van der Waals surface area (Å²) in [6, 6.07) is -0.473. The van der Waals surface area contributed by atoms with E-state index < -0.39 is 6.04 Å². The zero-order chi connectivity index (χ0) is 10.8. The lowest BCUT2D eigenvalue weighted by molar-refractivity contribution is -0.141. The highest BCUT2D eigenvalue weighted by molar-refractivity contribution is 6.20. The average Bonchev–Trinajstić information content (AvgIpc) is 2.45. The topological polar surface area (TPSA) is 50.8 Å². The highest BCUT2D eigenvalue weighted by Gasteiger charge is 2.39. The Kier molecular flexibility index (Phi) is 3.14. The Labute approximate surface area is 93.0 Å². The van der Waals surface area contributed by atoms with Crippen molar-refractivity contribution in [2.75, 3.05) is 26.9 Å². The van der Waals surface area contributed by atoms with E-state index in [4.69, 9.17) is 21.1 Å². The van der Waals surface area contributed by atoms with Crippen molar-refractivity contribution >= 4 is 17.6 Å². The summed E-state index contributed by atoms with van der Waals surface area (Å²) in [5.74, 6) is -0.323. The molecule has 6 heteroatoms. The lowest BCUT2D eigenvalue weighted by Crippen LogP contribution is -2.36. The van der Waals surface area contributed by atoms with Crippen LogP contribution in [0.2, 0.25) is 0 Å².